The van der Waals surface area contributed by atoms with Crippen LogP contribution in [0.5, 0.6) is 5.75 Å². The Balaban J connectivity index is 2.18. The average Bonchev–Trinajstić information content (AvgIpc) is 2.64. The number of carbonyl (C=O) groups excluding carboxylic acids is 1. The molecular weight excluding hydrogens is 317 g/mol. The molecule has 116 valence electrons. The molecule has 1 aliphatic rings. The molecule has 8 heteroatoms. The fourth-order valence-corrected chi connectivity index (χ4v) is 3.75. The van der Waals surface area contributed by atoms with E-state index in [0.29, 0.717) is 23.9 Å². The molecule has 1 fully saturated rings. The molecule has 0 radical (unpaired) electrons. The van der Waals surface area contributed by atoms with Crippen molar-refractivity contribution in [2.45, 2.75) is 12.8 Å². The zero-order valence-electron chi connectivity index (χ0n) is 11.7. The molecule has 1 aliphatic heterocycles. The van der Waals surface area contributed by atoms with E-state index in [0.717, 1.165) is 12.8 Å². The zero-order valence-corrected chi connectivity index (χ0v) is 13.3. The van der Waals surface area contributed by atoms with Crippen LogP contribution in [0.15, 0.2) is 24.3 Å². The van der Waals surface area contributed by atoms with Gasteiger partial charge in [-0.1, -0.05) is 11.6 Å². The molecule has 21 heavy (non-hydrogen) atoms. The molecule has 0 N–H and O–H groups in total. The van der Waals surface area contributed by atoms with Crippen molar-refractivity contribution in [3.63, 3.8) is 0 Å². The van der Waals surface area contributed by atoms with Crippen LogP contribution in [0.25, 0.3) is 0 Å². The molecule has 0 bridgehead atoms. The molecule has 1 aromatic carbocycles. The van der Waals surface area contributed by atoms with E-state index in [1.165, 1.54) is 11.8 Å². The Morgan fingerprint density at radius 3 is 2.76 bits per heavy atom. The lowest BCUT2D eigenvalue weighted by molar-refractivity contribution is -0.141. The van der Waals surface area contributed by atoms with Crippen LogP contribution in [0.3, 0.4) is 0 Å². The first-order valence-electron chi connectivity index (χ1n) is 6.55. The summed E-state index contributed by atoms with van der Waals surface area (Å²) in [5.74, 6) is -0.111. The second-order valence-electron chi connectivity index (χ2n) is 4.52. The number of hydrogen-bond acceptors (Lipinski definition) is 5. The summed E-state index contributed by atoms with van der Waals surface area (Å²) in [6.45, 7) is 0.629. The fourth-order valence-electron chi connectivity index (χ4n) is 1.87. The van der Waals surface area contributed by atoms with Gasteiger partial charge in [-0.15, -0.1) is 0 Å². The minimum absolute atomic E-state index is 0.138. The van der Waals surface area contributed by atoms with Crippen molar-refractivity contribution in [2.75, 3.05) is 26.8 Å². The Bertz CT molecular complexity index is 536. The first-order valence-corrected chi connectivity index (χ1v) is 8.43. The summed E-state index contributed by atoms with van der Waals surface area (Å²) in [6.07, 6.45) is 1.52. The summed E-state index contributed by atoms with van der Waals surface area (Å²) in [5.41, 5.74) is 0. The first-order chi connectivity index (χ1) is 10.0. The summed E-state index contributed by atoms with van der Waals surface area (Å²) in [6, 6.07) is 6.47. The van der Waals surface area contributed by atoms with E-state index in [4.69, 9.17) is 20.6 Å². The van der Waals surface area contributed by atoms with Gasteiger partial charge in [0.1, 0.15) is 12.3 Å². The molecule has 0 aromatic heterocycles. The van der Waals surface area contributed by atoms with Crippen molar-refractivity contribution in [3.05, 3.63) is 29.3 Å². The second-order valence-corrected chi connectivity index (χ2v) is 6.90. The van der Waals surface area contributed by atoms with E-state index in [9.17, 15) is 9.36 Å². The Hall–Kier alpha value is -1.07. The number of hydrogen-bond donors (Lipinski definition) is 0. The van der Waals surface area contributed by atoms with E-state index < -0.39 is 13.7 Å². The molecule has 1 unspecified atom stereocenters. The summed E-state index contributed by atoms with van der Waals surface area (Å²) < 4.78 is 29.9. The molecule has 0 spiro atoms. The normalized spacial score (nSPS) is 23.3. The molecule has 1 saturated heterocycles. The SMILES string of the molecule is COC(=O)CN1CCCCOP1(=O)Oc1ccc(Cl)cc1. The van der Waals surface area contributed by atoms with Crippen LogP contribution in [0.4, 0.5) is 0 Å². The Morgan fingerprint density at radius 1 is 1.38 bits per heavy atom. The van der Waals surface area contributed by atoms with Crippen molar-refractivity contribution in [3.8, 4) is 5.75 Å². The molecule has 0 amide bonds. The molecular formula is C13H17ClNO5P. The number of methoxy groups -OCH3 is 1. The predicted molar refractivity (Wildman–Crippen MR) is 78.5 cm³/mol. The van der Waals surface area contributed by atoms with E-state index in [-0.39, 0.29) is 6.54 Å². The van der Waals surface area contributed by atoms with E-state index in [1.54, 1.807) is 24.3 Å². The number of halogens is 1. The highest BCUT2D eigenvalue weighted by atomic mass is 35.5. The Morgan fingerprint density at radius 2 is 2.10 bits per heavy atom. The second kappa shape index (κ2) is 7.27. The molecule has 2 rings (SSSR count). The van der Waals surface area contributed by atoms with Gasteiger partial charge in [-0.05, 0) is 37.1 Å². The maximum absolute atomic E-state index is 12.9. The molecule has 1 aromatic rings. The first kappa shape index (κ1) is 16.3. The standard InChI is InChI=1S/C13H17ClNO5P/c1-18-13(16)10-15-8-2-3-9-19-21(15,17)20-12-6-4-11(14)5-7-12/h4-7H,2-3,8-10H2,1H3. The third kappa shape index (κ3) is 4.45. The van der Waals surface area contributed by atoms with Crippen LogP contribution in [-0.4, -0.2) is 37.4 Å². The maximum Gasteiger partial charge on any atom is 0.461 e. The number of rotatable bonds is 4. The van der Waals surface area contributed by atoms with Gasteiger partial charge in [-0.3, -0.25) is 9.32 Å². The summed E-state index contributed by atoms with van der Waals surface area (Å²) in [4.78, 5) is 11.5. The lowest BCUT2D eigenvalue weighted by Crippen LogP contribution is -2.30. The van der Waals surface area contributed by atoms with Crippen LogP contribution in [0.2, 0.25) is 5.02 Å². The minimum Gasteiger partial charge on any atom is -0.468 e. The number of carbonyl (C=O) groups is 1. The van der Waals surface area contributed by atoms with Gasteiger partial charge in [-0.2, -0.15) is 4.67 Å². The van der Waals surface area contributed by atoms with Crippen LogP contribution >= 0.6 is 19.3 Å². The number of esters is 1. The van der Waals surface area contributed by atoms with Gasteiger partial charge >= 0.3 is 13.7 Å². The van der Waals surface area contributed by atoms with Crippen LogP contribution < -0.4 is 4.52 Å². The van der Waals surface area contributed by atoms with E-state index in [1.807, 2.05) is 0 Å². The van der Waals surface area contributed by atoms with Gasteiger partial charge in [0.25, 0.3) is 0 Å². The Kier molecular flexibility index (Phi) is 5.65. The number of benzene rings is 1. The molecule has 6 nitrogen and oxygen atoms in total. The van der Waals surface area contributed by atoms with Gasteiger partial charge in [0.15, 0.2) is 0 Å². The molecule has 1 heterocycles. The van der Waals surface area contributed by atoms with Gasteiger partial charge in [0, 0.05) is 11.6 Å². The lowest BCUT2D eigenvalue weighted by Gasteiger charge is -2.27. The smallest absolute Gasteiger partial charge is 0.461 e. The number of nitrogens with zero attached hydrogens (tertiary/aromatic N) is 1. The summed E-state index contributed by atoms with van der Waals surface area (Å²) in [7, 11) is -2.30. The van der Waals surface area contributed by atoms with Crippen LogP contribution in [-0.2, 0) is 18.6 Å². The third-order valence-corrected chi connectivity index (χ3v) is 5.22. The third-order valence-electron chi connectivity index (χ3n) is 2.99. The van der Waals surface area contributed by atoms with Crippen molar-refractivity contribution >= 4 is 25.3 Å². The van der Waals surface area contributed by atoms with Gasteiger partial charge in [-0.25, -0.2) is 4.57 Å². The highest BCUT2D eigenvalue weighted by Gasteiger charge is 2.38. The van der Waals surface area contributed by atoms with Crippen molar-refractivity contribution in [2.24, 2.45) is 0 Å². The monoisotopic (exact) mass is 333 g/mol. The average molecular weight is 334 g/mol. The Labute approximate surface area is 128 Å². The van der Waals surface area contributed by atoms with Crippen molar-refractivity contribution in [1.82, 2.24) is 4.67 Å². The van der Waals surface area contributed by atoms with Crippen LogP contribution in [0, 0.1) is 0 Å². The molecule has 0 aliphatic carbocycles. The molecule has 0 saturated carbocycles. The highest BCUT2D eigenvalue weighted by Crippen LogP contribution is 2.53. The lowest BCUT2D eigenvalue weighted by atomic mass is 10.3. The van der Waals surface area contributed by atoms with Crippen molar-refractivity contribution < 1.29 is 23.1 Å². The number of ether oxygens (including phenoxy) is 1. The quantitative estimate of drug-likeness (QED) is 0.623. The fraction of sp³-hybridized carbons (Fsp3) is 0.462. The zero-order chi connectivity index (χ0) is 15.3. The summed E-state index contributed by atoms with van der Waals surface area (Å²) >= 11 is 5.80. The van der Waals surface area contributed by atoms with Gasteiger partial charge in [0.05, 0.1) is 13.7 Å². The van der Waals surface area contributed by atoms with E-state index >= 15 is 0 Å². The minimum atomic E-state index is -3.58. The predicted octanol–water partition coefficient (Wildman–Crippen LogP) is 3.11. The largest absolute Gasteiger partial charge is 0.468 e. The summed E-state index contributed by atoms with van der Waals surface area (Å²) in [5, 5.41) is 0.550. The van der Waals surface area contributed by atoms with Crippen LogP contribution in [0.1, 0.15) is 12.8 Å². The molecule has 1 atom stereocenters. The van der Waals surface area contributed by atoms with E-state index in [2.05, 4.69) is 4.74 Å². The van der Waals surface area contributed by atoms with Crippen molar-refractivity contribution in [1.29, 1.82) is 0 Å². The highest BCUT2D eigenvalue weighted by molar-refractivity contribution is 7.51. The van der Waals surface area contributed by atoms with Gasteiger partial charge < -0.3 is 9.26 Å². The maximum atomic E-state index is 12.9. The van der Waals surface area contributed by atoms with Gasteiger partial charge in [0.2, 0.25) is 0 Å². The topological polar surface area (TPSA) is 65.1 Å².